The molecule has 0 heterocycles. The van der Waals surface area contributed by atoms with Gasteiger partial charge in [0.05, 0.1) is 13.2 Å². The monoisotopic (exact) mass is 306 g/mol. The molecule has 20 heavy (non-hydrogen) atoms. The molecule has 0 aliphatic carbocycles. The van der Waals surface area contributed by atoms with Gasteiger partial charge >= 0.3 is 7.60 Å². The van der Waals surface area contributed by atoms with Gasteiger partial charge in [0.15, 0.2) is 0 Å². The Morgan fingerprint density at radius 1 is 0.850 bits per heavy atom. The largest absolute Gasteiger partial charge is 0.338 e. The number of hydrogen-bond acceptors (Lipinski definition) is 4. The summed E-state index contributed by atoms with van der Waals surface area (Å²) in [5.74, 6) is -0.143. The molecule has 0 aromatic heterocycles. The summed E-state index contributed by atoms with van der Waals surface area (Å²) in [6, 6.07) is 0. The summed E-state index contributed by atoms with van der Waals surface area (Å²) in [6.07, 6.45) is 8.37. The molecule has 0 bridgehead atoms. The van der Waals surface area contributed by atoms with Crippen molar-refractivity contribution >= 4 is 13.4 Å². The predicted molar refractivity (Wildman–Crippen MR) is 83.3 cm³/mol. The molecule has 0 unspecified atom stereocenters. The summed E-state index contributed by atoms with van der Waals surface area (Å²) in [5, 5.41) is 0. The first-order valence-electron chi connectivity index (χ1n) is 7.91. The van der Waals surface area contributed by atoms with Gasteiger partial charge in [-0.1, -0.05) is 52.4 Å². The van der Waals surface area contributed by atoms with E-state index in [1.54, 1.807) is 0 Å². The first-order valence-corrected chi connectivity index (χ1v) is 9.64. The summed E-state index contributed by atoms with van der Waals surface area (Å²) < 4.78 is 23.2. The molecular formula is C15H31O4P. The highest BCUT2D eigenvalue weighted by Crippen LogP contribution is 2.48. The zero-order valence-electron chi connectivity index (χ0n) is 13.4. The lowest BCUT2D eigenvalue weighted by Gasteiger charge is -2.17. The van der Waals surface area contributed by atoms with Crippen LogP contribution in [-0.2, 0) is 18.4 Å². The van der Waals surface area contributed by atoms with Gasteiger partial charge in [0.1, 0.15) is 11.9 Å². The topological polar surface area (TPSA) is 52.6 Å². The third-order valence-corrected chi connectivity index (χ3v) is 4.97. The van der Waals surface area contributed by atoms with Gasteiger partial charge in [-0.2, -0.15) is 0 Å². The SMILES string of the molecule is CCCCCCOP(=O)(CC(C)=O)OCCCCCC. The van der Waals surface area contributed by atoms with Crippen LogP contribution in [-0.4, -0.2) is 25.2 Å². The molecule has 0 N–H and O–H groups in total. The lowest BCUT2D eigenvalue weighted by atomic mass is 10.2. The molecule has 0 aliphatic heterocycles. The van der Waals surface area contributed by atoms with Crippen molar-refractivity contribution < 1.29 is 18.4 Å². The highest BCUT2D eigenvalue weighted by molar-refractivity contribution is 7.54. The van der Waals surface area contributed by atoms with Crippen molar-refractivity contribution in [2.75, 3.05) is 19.4 Å². The van der Waals surface area contributed by atoms with Gasteiger partial charge in [-0.25, -0.2) is 0 Å². The molecule has 120 valence electrons. The number of unbranched alkanes of at least 4 members (excludes halogenated alkanes) is 6. The third kappa shape index (κ3) is 11.6. The van der Waals surface area contributed by atoms with E-state index in [2.05, 4.69) is 13.8 Å². The number of hydrogen-bond donors (Lipinski definition) is 0. The van der Waals surface area contributed by atoms with E-state index in [4.69, 9.17) is 9.05 Å². The second-order valence-electron chi connectivity index (χ2n) is 5.26. The molecule has 0 rings (SSSR count). The lowest BCUT2D eigenvalue weighted by Crippen LogP contribution is -2.08. The maximum absolute atomic E-state index is 12.4. The van der Waals surface area contributed by atoms with E-state index in [1.165, 1.54) is 6.92 Å². The van der Waals surface area contributed by atoms with Gasteiger partial charge in [-0.3, -0.25) is 9.36 Å². The van der Waals surface area contributed by atoms with Crippen LogP contribution in [0.5, 0.6) is 0 Å². The Hall–Kier alpha value is -0.180. The molecule has 0 radical (unpaired) electrons. The lowest BCUT2D eigenvalue weighted by molar-refractivity contribution is -0.114. The Balaban J connectivity index is 4.01. The number of ketones is 1. The number of carbonyl (C=O) groups excluding carboxylic acids is 1. The van der Waals surface area contributed by atoms with Gasteiger partial charge in [0.25, 0.3) is 0 Å². The van der Waals surface area contributed by atoms with Crippen LogP contribution < -0.4 is 0 Å². The molecule has 0 spiro atoms. The minimum Gasteiger partial charge on any atom is -0.308 e. The molecule has 0 aliphatic rings. The molecule has 4 nitrogen and oxygen atoms in total. The maximum atomic E-state index is 12.4. The molecule has 0 atom stereocenters. The fourth-order valence-electron chi connectivity index (χ4n) is 1.87. The van der Waals surface area contributed by atoms with E-state index in [1.807, 2.05) is 0 Å². The van der Waals surface area contributed by atoms with Gasteiger partial charge in [0, 0.05) is 0 Å². The molecule has 0 fully saturated rings. The first kappa shape index (κ1) is 19.8. The summed E-state index contributed by atoms with van der Waals surface area (Å²) in [5.41, 5.74) is 0. The van der Waals surface area contributed by atoms with E-state index in [0.29, 0.717) is 13.2 Å². The van der Waals surface area contributed by atoms with Crippen LogP contribution in [0.25, 0.3) is 0 Å². The molecule has 5 heteroatoms. The van der Waals surface area contributed by atoms with E-state index in [-0.39, 0.29) is 11.9 Å². The highest BCUT2D eigenvalue weighted by atomic mass is 31.2. The zero-order chi connectivity index (χ0) is 15.3. The van der Waals surface area contributed by atoms with Crippen molar-refractivity contribution in [3.63, 3.8) is 0 Å². The van der Waals surface area contributed by atoms with Crippen molar-refractivity contribution in [3.8, 4) is 0 Å². The van der Waals surface area contributed by atoms with Crippen molar-refractivity contribution in [2.24, 2.45) is 0 Å². The fraction of sp³-hybridized carbons (Fsp3) is 0.933. The minimum absolute atomic E-state index is 0.103. The highest BCUT2D eigenvalue weighted by Gasteiger charge is 2.26. The molecule has 0 aromatic carbocycles. The average Bonchev–Trinajstić information content (AvgIpc) is 2.37. The number of carbonyl (C=O) groups is 1. The summed E-state index contributed by atoms with van der Waals surface area (Å²) in [4.78, 5) is 11.2. The second kappa shape index (κ2) is 12.6. The number of Topliss-reactive ketones (excluding diaryl/α,β-unsaturated/α-hetero) is 1. The van der Waals surface area contributed by atoms with Crippen LogP contribution in [0, 0.1) is 0 Å². The standard InChI is InChI=1S/C15H31O4P/c1-4-6-8-10-12-18-20(17,14-15(3)16)19-13-11-9-7-5-2/h4-14H2,1-3H3. The van der Waals surface area contributed by atoms with Crippen LogP contribution >= 0.6 is 7.60 Å². The average molecular weight is 306 g/mol. The third-order valence-electron chi connectivity index (χ3n) is 2.99. The first-order chi connectivity index (χ1) is 9.54. The summed E-state index contributed by atoms with van der Waals surface area (Å²) in [7, 11) is -3.22. The second-order valence-corrected chi connectivity index (χ2v) is 7.31. The van der Waals surface area contributed by atoms with Gasteiger partial charge in [0.2, 0.25) is 0 Å². The molecule has 0 aromatic rings. The van der Waals surface area contributed by atoms with Crippen LogP contribution in [0.1, 0.15) is 72.1 Å². The normalized spacial score (nSPS) is 11.8. The van der Waals surface area contributed by atoms with Crippen LogP contribution in [0.4, 0.5) is 0 Å². The Morgan fingerprint density at radius 3 is 1.65 bits per heavy atom. The quantitative estimate of drug-likeness (QED) is 0.336. The molecule has 0 saturated heterocycles. The van der Waals surface area contributed by atoms with Gasteiger partial charge < -0.3 is 9.05 Å². The summed E-state index contributed by atoms with van der Waals surface area (Å²) in [6.45, 7) is 6.54. The molecular weight excluding hydrogens is 275 g/mol. The Morgan fingerprint density at radius 2 is 1.30 bits per heavy atom. The predicted octanol–water partition coefficient (Wildman–Crippen LogP) is 4.96. The molecule has 0 saturated carbocycles. The van der Waals surface area contributed by atoms with Crippen molar-refractivity contribution in [3.05, 3.63) is 0 Å². The maximum Gasteiger partial charge on any atom is 0.338 e. The molecule has 0 amide bonds. The van der Waals surface area contributed by atoms with Crippen LogP contribution in [0.15, 0.2) is 0 Å². The van der Waals surface area contributed by atoms with Gasteiger partial charge in [-0.05, 0) is 19.8 Å². The van der Waals surface area contributed by atoms with Crippen LogP contribution in [0.3, 0.4) is 0 Å². The fourth-order valence-corrected chi connectivity index (χ4v) is 3.48. The van der Waals surface area contributed by atoms with E-state index >= 15 is 0 Å². The zero-order valence-corrected chi connectivity index (χ0v) is 14.3. The van der Waals surface area contributed by atoms with Gasteiger partial charge in [-0.15, -0.1) is 0 Å². The number of rotatable bonds is 14. The van der Waals surface area contributed by atoms with E-state index in [0.717, 1.165) is 51.4 Å². The Bertz CT molecular complexity index is 274. The van der Waals surface area contributed by atoms with Crippen molar-refractivity contribution in [2.45, 2.75) is 72.1 Å². The van der Waals surface area contributed by atoms with Crippen molar-refractivity contribution in [1.29, 1.82) is 0 Å². The van der Waals surface area contributed by atoms with Crippen molar-refractivity contribution in [1.82, 2.24) is 0 Å². The summed E-state index contributed by atoms with van der Waals surface area (Å²) >= 11 is 0. The van der Waals surface area contributed by atoms with E-state index < -0.39 is 7.60 Å². The van der Waals surface area contributed by atoms with E-state index in [9.17, 15) is 9.36 Å². The minimum atomic E-state index is -3.22. The Labute approximate surface area is 124 Å². The smallest absolute Gasteiger partial charge is 0.308 e. The van der Waals surface area contributed by atoms with Crippen LogP contribution in [0.2, 0.25) is 0 Å². The Kier molecular flexibility index (Phi) is 12.4.